The van der Waals surface area contributed by atoms with Crippen LogP contribution < -0.4 is 5.32 Å². The lowest BCUT2D eigenvalue weighted by Gasteiger charge is -2.32. The van der Waals surface area contributed by atoms with Crippen LogP contribution in [0.25, 0.3) is 0 Å². The van der Waals surface area contributed by atoms with Crippen LogP contribution in [0.4, 0.5) is 0 Å². The van der Waals surface area contributed by atoms with E-state index in [0.717, 1.165) is 0 Å². The van der Waals surface area contributed by atoms with Gasteiger partial charge in [0.1, 0.15) is 5.92 Å². The molecule has 7 nitrogen and oxygen atoms in total. The van der Waals surface area contributed by atoms with E-state index in [-0.39, 0.29) is 18.1 Å². The number of amides is 1. The standard InChI is InChI=1S/C26H27ClN2O5S/c1-4-34-26(32)23-20(14-35-15-28-24(30)17-9-6-5-7-10-17)29-16(2)21(25(31)33-3)22(23)18-11-8-12-19(27)13-18/h5-13,21-22H,4,14-15H2,1-3H3,(H,28,30). The van der Waals surface area contributed by atoms with E-state index >= 15 is 0 Å². The fourth-order valence-corrected chi connectivity index (χ4v) is 4.89. The second-order valence-corrected chi connectivity index (χ2v) is 9.15. The summed E-state index contributed by atoms with van der Waals surface area (Å²) in [5.74, 6) is -2.08. The molecule has 1 N–H and O–H groups in total. The van der Waals surface area contributed by atoms with E-state index in [0.29, 0.717) is 39.2 Å². The maximum Gasteiger partial charge on any atom is 0.336 e. The van der Waals surface area contributed by atoms with Gasteiger partial charge in [-0.2, -0.15) is 0 Å². The van der Waals surface area contributed by atoms with Crippen LogP contribution in [0, 0.1) is 5.92 Å². The Morgan fingerprint density at radius 2 is 1.86 bits per heavy atom. The molecule has 2 aromatic carbocycles. The van der Waals surface area contributed by atoms with E-state index in [4.69, 9.17) is 21.1 Å². The van der Waals surface area contributed by atoms with E-state index in [1.54, 1.807) is 56.3 Å². The predicted octanol–water partition coefficient (Wildman–Crippen LogP) is 4.63. The highest BCUT2D eigenvalue weighted by atomic mass is 35.5. The number of aliphatic imine (C=N–C) groups is 1. The van der Waals surface area contributed by atoms with Gasteiger partial charge in [-0.1, -0.05) is 41.9 Å². The van der Waals surface area contributed by atoms with Gasteiger partial charge in [-0.05, 0) is 43.7 Å². The summed E-state index contributed by atoms with van der Waals surface area (Å²) in [6.45, 7) is 3.63. The summed E-state index contributed by atoms with van der Waals surface area (Å²) in [6.07, 6.45) is 0. The minimum Gasteiger partial charge on any atom is -0.468 e. The predicted molar refractivity (Wildman–Crippen MR) is 138 cm³/mol. The van der Waals surface area contributed by atoms with Gasteiger partial charge in [-0.15, -0.1) is 11.8 Å². The molecule has 2 unspecified atom stereocenters. The number of carbonyl (C=O) groups excluding carboxylic acids is 3. The van der Waals surface area contributed by atoms with E-state index in [1.807, 2.05) is 12.1 Å². The van der Waals surface area contributed by atoms with Crippen molar-refractivity contribution in [2.24, 2.45) is 10.9 Å². The van der Waals surface area contributed by atoms with Crippen LogP contribution in [0.3, 0.4) is 0 Å². The lowest BCUT2D eigenvalue weighted by molar-refractivity contribution is -0.144. The normalized spacial score (nSPS) is 17.4. The number of methoxy groups -OCH3 is 1. The average molecular weight is 515 g/mol. The first kappa shape index (κ1) is 26.5. The maximum atomic E-state index is 13.2. The Hall–Kier alpha value is -3.10. The number of carbonyl (C=O) groups is 3. The molecule has 1 amide bonds. The van der Waals surface area contributed by atoms with Crippen molar-refractivity contribution in [1.82, 2.24) is 5.32 Å². The molecule has 0 spiro atoms. The largest absolute Gasteiger partial charge is 0.468 e. The summed E-state index contributed by atoms with van der Waals surface area (Å²) in [7, 11) is 1.30. The molecular formula is C26H27ClN2O5S. The van der Waals surface area contributed by atoms with Crippen LogP contribution in [0.1, 0.15) is 35.7 Å². The van der Waals surface area contributed by atoms with Crippen molar-refractivity contribution in [3.05, 3.63) is 82.0 Å². The van der Waals surface area contributed by atoms with Gasteiger partial charge in [0.2, 0.25) is 0 Å². The second-order valence-electron chi connectivity index (χ2n) is 7.73. The fraction of sp³-hybridized carbons (Fsp3) is 0.308. The zero-order valence-corrected chi connectivity index (χ0v) is 21.3. The summed E-state index contributed by atoms with van der Waals surface area (Å²) in [5, 5.41) is 3.33. The Morgan fingerprint density at radius 3 is 2.51 bits per heavy atom. The summed E-state index contributed by atoms with van der Waals surface area (Å²) in [6, 6.07) is 15.9. The van der Waals surface area contributed by atoms with Crippen molar-refractivity contribution in [1.29, 1.82) is 0 Å². The molecule has 0 saturated heterocycles. The molecule has 1 aliphatic rings. The SMILES string of the molecule is CCOC(=O)C1=C(CSCNC(=O)c2ccccc2)N=C(C)C(C(=O)OC)C1c1cccc(Cl)c1. The third-order valence-electron chi connectivity index (χ3n) is 5.48. The maximum absolute atomic E-state index is 13.2. The van der Waals surface area contributed by atoms with Crippen LogP contribution in [0.2, 0.25) is 5.02 Å². The lowest BCUT2D eigenvalue weighted by atomic mass is 9.75. The molecule has 2 atom stereocenters. The van der Waals surface area contributed by atoms with Crippen LogP contribution in [0.5, 0.6) is 0 Å². The van der Waals surface area contributed by atoms with Gasteiger partial charge in [-0.25, -0.2) is 4.79 Å². The zero-order chi connectivity index (χ0) is 25.4. The quantitative estimate of drug-likeness (QED) is 0.298. The fourth-order valence-electron chi connectivity index (χ4n) is 3.94. The summed E-state index contributed by atoms with van der Waals surface area (Å²) in [4.78, 5) is 42.9. The first-order valence-corrected chi connectivity index (χ1v) is 12.6. The van der Waals surface area contributed by atoms with E-state index in [9.17, 15) is 14.4 Å². The number of benzene rings is 2. The number of hydrogen-bond acceptors (Lipinski definition) is 7. The Labute approximate surface area is 213 Å². The highest BCUT2D eigenvalue weighted by Gasteiger charge is 2.42. The van der Waals surface area contributed by atoms with Gasteiger partial charge >= 0.3 is 11.9 Å². The molecule has 1 aliphatic heterocycles. The van der Waals surface area contributed by atoms with Gasteiger partial charge in [0.15, 0.2) is 0 Å². The Morgan fingerprint density at radius 1 is 1.11 bits per heavy atom. The average Bonchev–Trinajstić information content (AvgIpc) is 2.86. The Kier molecular flexibility index (Phi) is 9.51. The van der Waals surface area contributed by atoms with Gasteiger partial charge in [0.05, 0.1) is 30.9 Å². The monoisotopic (exact) mass is 514 g/mol. The Balaban J connectivity index is 1.92. The van der Waals surface area contributed by atoms with Gasteiger partial charge in [0.25, 0.3) is 5.91 Å². The minimum atomic E-state index is -0.801. The molecule has 184 valence electrons. The molecule has 0 radical (unpaired) electrons. The molecule has 0 saturated carbocycles. The van der Waals surface area contributed by atoms with Crippen molar-refractivity contribution in [3.8, 4) is 0 Å². The Bertz CT molecular complexity index is 1150. The number of nitrogens with one attached hydrogen (secondary N) is 1. The zero-order valence-electron chi connectivity index (χ0n) is 19.7. The van der Waals surface area contributed by atoms with Crippen molar-refractivity contribution in [3.63, 3.8) is 0 Å². The third kappa shape index (κ3) is 6.52. The van der Waals surface area contributed by atoms with Gasteiger partial charge in [-0.3, -0.25) is 14.6 Å². The van der Waals surface area contributed by atoms with Crippen molar-refractivity contribution < 1.29 is 23.9 Å². The molecule has 1 heterocycles. The molecule has 0 fully saturated rings. The van der Waals surface area contributed by atoms with Crippen LogP contribution in [-0.4, -0.2) is 48.9 Å². The first-order valence-electron chi connectivity index (χ1n) is 11.1. The number of rotatable bonds is 9. The second kappa shape index (κ2) is 12.6. The van der Waals surface area contributed by atoms with Crippen LogP contribution >= 0.6 is 23.4 Å². The van der Waals surface area contributed by atoms with Crippen LogP contribution in [0.15, 0.2) is 70.9 Å². The van der Waals surface area contributed by atoms with Crippen LogP contribution in [-0.2, 0) is 19.1 Å². The number of nitrogens with zero attached hydrogens (tertiary/aromatic N) is 1. The highest BCUT2D eigenvalue weighted by Crippen LogP contribution is 2.41. The molecule has 0 bridgehead atoms. The number of esters is 2. The third-order valence-corrected chi connectivity index (χ3v) is 6.55. The molecule has 2 aromatic rings. The lowest BCUT2D eigenvalue weighted by Crippen LogP contribution is -2.36. The first-order chi connectivity index (χ1) is 16.9. The molecule has 0 aromatic heterocycles. The topological polar surface area (TPSA) is 94.1 Å². The van der Waals surface area contributed by atoms with E-state index in [2.05, 4.69) is 10.3 Å². The molecule has 9 heteroatoms. The van der Waals surface area contributed by atoms with Crippen molar-refractivity contribution >= 4 is 46.9 Å². The minimum absolute atomic E-state index is 0.170. The van der Waals surface area contributed by atoms with Gasteiger partial charge in [0, 0.05) is 28.0 Å². The number of ether oxygens (including phenoxy) is 2. The molecule has 35 heavy (non-hydrogen) atoms. The summed E-state index contributed by atoms with van der Waals surface area (Å²) >= 11 is 7.64. The number of halogens is 1. The summed E-state index contributed by atoms with van der Waals surface area (Å²) < 4.78 is 10.4. The molecule has 0 aliphatic carbocycles. The highest BCUT2D eigenvalue weighted by molar-refractivity contribution is 7.99. The van der Waals surface area contributed by atoms with Crippen molar-refractivity contribution in [2.75, 3.05) is 25.3 Å². The van der Waals surface area contributed by atoms with E-state index < -0.39 is 23.8 Å². The number of thioether (sulfide) groups is 1. The summed E-state index contributed by atoms with van der Waals surface area (Å²) in [5.41, 5.74) is 2.55. The van der Waals surface area contributed by atoms with E-state index in [1.165, 1.54) is 18.9 Å². The van der Waals surface area contributed by atoms with Crippen molar-refractivity contribution in [2.45, 2.75) is 19.8 Å². The van der Waals surface area contributed by atoms with Gasteiger partial charge < -0.3 is 14.8 Å². The number of hydrogen-bond donors (Lipinski definition) is 1. The smallest absolute Gasteiger partial charge is 0.336 e. The molecule has 3 rings (SSSR count). The molecular weight excluding hydrogens is 488 g/mol.